The van der Waals surface area contributed by atoms with E-state index >= 15 is 0 Å². The lowest BCUT2D eigenvalue weighted by Crippen LogP contribution is -1.62. The van der Waals surface area contributed by atoms with E-state index in [1.54, 1.807) is 0 Å². The van der Waals surface area contributed by atoms with Gasteiger partial charge >= 0.3 is 0 Å². The Balaban J connectivity index is 0.000000291. The maximum atomic E-state index is 7.83. The quantitative estimate of drug-likeness (QED) is 0.545. The maximum absolute atomic E-state index is 7.83. The van der Waals surface area contributed by atoms with Crippen molar-refractivity contribution < 1.29 is 4.21 Å². The molecule has 1 rings (SSSR count). The molecule has 0 fully saturated rings. The summed E-state index contributed by atoms with van der Waals surface area (Å²) in [6.45, 7) is 2.08. The standard InChI is InChI=1S/C7H8.OS/c1-7-5-3-2-4-6-7;1-2/h2-6H,1H3;. The zero-order valence-corrected chi connectivity index (χ0v) is 6.02. The molecule has 0 aromatic heterocycles. The molecule has 0 aliphatic heterocycles. The first kappa shape index (κ1) is 8.24. The van der Waals surface area contributed by atoms with E-state index in [0.717, 1.165) is 0 Å². The van der Waals surface area contributed by atoms with Gasteiger partial charge in [-0.25, -0.2) is 0 Å². The van der Waals surface area contributed by atoms with Crippen molar-refractivity contribution in [2.24, 2.45) is 0 Å². The van der Waals surface area contributed by atoms with Gasteiger partial charge in [0.05, 0.1) is 0 Å². The highest BCUT2D eigenvalue weighted by molar-refractivity contribution is 7.44. The van der Waals surface area contributed by atoms with Gasteiger partial charge in [0, 0.05) is 0 Å². The van der Waals surface area contributed by atoms with Gasteiger partial charge in [-0.15, -0.1) is 0 Å². The average Bonchev–Trinajstić information content (AvgIpc) is 1.94. The van der Waals surface area contributed by atoms with Crippen LogP contribution in [0.25, 0.3) is 0 Å². The Kier molecular flexibility index (Phi) is 4.92. The molecule has 0 bridgehead atoms. The molecule has 0 N–H and O–H groups in total. The molecule has 9 heavy (non-hydrogen) atoms. The summed E-state index contributed by atoms with van der Waals surface area (Å²) in [4.78, 5) is 0. The number of hydrogen-bond acceptors (Lipinski definition) is 2. The van der Waals surface area contributed by atoms with Crippen molar-refractivity contribution in [2.75, 3.05) is 0 Å². The summed E-state index contributed by atoms with van der Waals surface area (Å²) >= 11 is 2.83. The summed E-state index contributed by atoms with van der Waals surface area (Å²) in [6, 6.07) is 10.3. The third-order valence-corrected chi connectivity index (χ3v) is 0.940. The van der Waals surface area contributed by atoms with Gasteiger partial charge in [-0.3, -0.25) is 0 Å². The van der Waals surface area contributed by atoms with Crippen molar-refractivity contribution in [3.8, 4) is 0 Å². The lowest BCUT2D eigenvalue weighted by molar-refractivity contribution is 0.702. The monoisotopic (exact) mass is 140 g/mol. The fraction of sp³-hybridized carbons (Fsp3) is 0.143. The van der Waals surface area contributed by atoms with Crippen molar-refractivity contribution >= 4 is 12.5 Å². The van der Waals surface area contributed by atoms with E-state index in [4.69, 9.17) is 4.21 Å². The van der Waals surface area contributed by atoms with Gasteiger partial charge < -0.3 is 0 Å². The Labute approximate surface area is 60.2 Å². The van der Waals surface area contributed by atoms with Gasteiger partial charge in [0.1, 0.15) is 0 Å². The summed E-state index contributed by atoms with van der Waals surface area (Å²) < 4.78 is 7.83. The van der Waals surface area contributed by atoms with E-state index in [-0.39, 0.29) is 0 Å². The topological polar surface area (TPSA) is 17.1 Å². The Morgan fingerprint density at radius 1 is 1.11 bits per heavy atom. The highest BCUT2D eigenvalue weighted by atomic mass is 32.1. The summed E-state index contributed by atoms with van der Waals surface area (Å²) in [5.74, 6) is 0. The van der Waals surface area contributed by atoms with Crippen LogP contribution in [-0.4, -0.2) is 4.21 Å². The van der Waals surface area contributed by atoms with Crippen molar-refractivity contribution in [3.05, 3.63) is 35.9 Å². The van der Waals surface area contributed by atoms with Crippen molar-refractivity contribution in [3.63, 3.8) is 0 Å². The molecule has 0 saturated heterocycles. The van der Waals surface area contributed by atoms with E-state index in [0.29, 0.717) is 0 Å². The number of hydrogen-bond donors (Lipinski definition) is 0. The Morgan fingerprint density at radius 3 is 1.78 bits per heavy atom. The highest BCUT2D eigenvalue weighted by Crippen LogP contribution is 1.92. The zero-order valence-electron chi connectivity index (χ0n) is 5.20. The fourth-order valence-corrected chi connectivity index (χ4v) is 0.534. The van der Waals surface area contributed by atoms with Crippen LogP contribution in [0.4, 0.5) is 0 Å². The first-order chi connectivity index (χ1) is 4.39. The van der Waals surface area contributed by atoms with Crippen LogP contribution >= 0.6 is 0 Å². The first-order valence-electron chi connectivity index (χ1n) is 2.58. The van der Waals surface area contributed by atoms with Crippen LogP contribution in [-0.2, 0) is 12.5 Å². The van der Waals surface area contributed by atoms with Crippen LogP contribution in [0.5, 0.6) is 0 Å². The van der Waals surface area contributed by atoms with E-state index < -0.39 is 0 Å². The second-order valence-corrected chi connectivity index (χ2v) is 1.65. The molecule has 0 spiro atoms. The van der Waals surface area contributed by atoms with Gasteiger partial charge in [0.25, 0.3) is 0 Å². The summed E-state index contributed by atoms with van der Waals surface area (Å²) in [5, 5.41) is 0. The molecule has 48 valence electrons. The Morgan fingerprint density at radius 2 is 1.56 bits per heavy atom. The first-order valence-corrected chi connectivity index (χ1v) is 2.91. The van der Waals surface area contributed by atoms with Gasteiger partial charge in [-0.05, 0) is 6.92 Å². The van der Waals surface area contributed by atoms with Crippen LogP contribution in [0, 0.1) is 6.92 Å². The molecule has 0 amide bonds. The molecule has 0 aliphatic carbocycles. The maximum Gasteiger partial charge on any atom is 0.197 e. The Bertz CT molecular complexity index is 150. The largest absolute Gasteiger partial charge is 0.197 e. The molecule has 0 radical (unpaired) electrons. The molecule has 1 aromatic carbocycles. The summed E-state index contributed by atoms with van der Waals surface area (Å²) in [6.07, 6.45) is 0. The number of benzene rings is 1. The van der Waals surface area contributed by atoms with Crippen molar-refractivity contribution in [2.45, 2.75) is 6.92 Å². The second-order valence-electron chi connectivity index (χ2n) is 1.65. The number of aryl methyl sites for hydroxylation is 1. The minimum atomic E-state index is 1.32. The molecule has 0 heterocycles. The molecule has 2 heteroatoms. The molecule has 0 atom stereocenters. The summed E-state index contributed by atoms with van der Waals surface area (Å²) in [5.41, 5.74) is 1.32. The molecule has 0 unspecified atom stereocenters. The number of rotatable bonds is 0. The molecular formula is C7H8OS. The van der Waals surface area contributed by atoms with Crippen LogP contribution in [0.15, 0.2) is 30.3 Å². The third kappa shape index (κ3) is 3.79. The molecule has 1 aromatic rings. The molecule has 0 aliphatic rings. The van der Waals surface area contributed by atoms with Gasteiger partial charge in [0.15, 0.2) is 12.5 Å². The summed E-state index contributed by atoms with van der Waals surface area (Å²) in [7, 11) is 0. The van der Waals surface area contributed by atoms with Gasteiger partial charge in [-0.1, -0.05) is 35.9 Å². The Hall–Kier alpha value is -0.760. The highest BCUT2D eigenvalue weighted by Gasteiger charge is 1.72. The average molecular weight is 140 g/mol. The predicted octanol–water partition coefficient (Wildman–Crippen LogP) is 1.66. The lowest BCUT2D eigenvalue weighted by atomic mass is 10.2. The molecular weight excluding hydrogens is 132 g/mol. The van der Waals surface area contributed by atoms with Crippen LogP contribution in [0.2, 0.25) is 0 Å². The third-order valence-electron chi connectivity index (χ3n) is 0.940. The minimum absolute atomic E-state index is 1.32. The van der Waals surface area contributed by atoms with Gasteiger partial charge in [-0.2, -0.15) is 4.21 Å². The van der Waals surface area contributed by atoms with Crippen molar-refractivity contribution in [1.29, 1.82) is 0 Å². The SMILES string of the molecule is Cc1ccccc1.O=S. The predicted molar refractivity (Wildman–Crippen MR) is 39.3 cm³/mol. The fourth-order valence-electron chi connectivity index (χ4n) is 0.534. The smallest absolute Gasteiger partial charge is 0.197 e. The van der Waals surface area contributed by atoms with Gasteiger partial charge in [0.2, 0.25) is 0 Å². The van der Waals surface area contributed by atoms with Crippen LogP contribution in [0.3, 0.4) is 0 Å². The zero-order chi connectivity index (χ0) is 7.11. The van der Waals surface area contributed by atoms with E-state index in [9.17, 15) is 0 Å². The van der Waals surface area contributed by atoms with Crippen LogP contribution in [0.1, 0.15) is 5.56 Å². The van der Waals surface area contributed by atoms with E-state index in [2.05, 4.69) is 31.6 Å². The van der Waals surface area contributed by atoms with E-state index in [1.807, 2.05) is 18.2 Å². The lowest BCUT2D eigenvalue weighted by Gasteiger charge is -1.82. The normalized spacial score (nSPS) is 7.22. The van der Waals surface area contributed by atoms with E-state index in [1.165, 1.54) is 5.56 Å². The van der Waals surface area contributed by atoms with Crippen molar-refractivity contribution in [1.82, 2.24) is 0 Å². The second kappa shape index (κ2) is 5.38. The minimum Gasteiger partial charge on any atom is -0.197 e. The van der Waals surface area contributed by atoms with Crippen LogP contribution < -0.4 is 0 Å². The molecule has 0 saturated carbocycles. The molecule has 1 nitrogen and oxygen atoms in total.